The highest BCUT2D eigenvalue weighted by atomic mass is 35.5. The van der Waals surface area contributed by atoms with Crippen LogP contribution in [0.2, 0.25) is 5.15 Å². The lowest BCUT2D eigenvalue weighted by molar-refractivity contribution is 0.371. The Balaban J connectivity index is 2.28. The molecule has 0 aromatic carbocycles. The van der Waals surface area contributed by atoms with Crippen molar-refractivity contribution in [3.8, 4) is 0 Å². The van der Waals surface area contributed by atoms with Crippen molar-refractivity contribution in [1.29, 1.82) is 0 Å². The van der Waals surface area contributed by atoms with E-state index in [-0.39, 0.29) is 10.7 Å². The summed E-state index contributed by atoms with van der Waals surface area (Å²) in [5.74, 6) is 0.610. The average molecular weight is 226 g/mol. The highest BCUT2D eigenvalue weighted by Crippen LogP contribution is 2.04. The van der Waals surface area contributed by atoms with Crippen LogP contribution in [-0.2, 0) is 6.54 Å². The molecule has 0 aliphatic heterocycles. The van der Waals surface area contributed by atoms with E-state index in [1.807, 2.05) is 6.92 Å². The summed E-state index contributed by atoms with van der Waals surface area (Å²) in [4.78, 5) is 15.2. The first kappa shape index (κ1) is 9.92. The van der Waals surface area contributed by atoms with Crippen LogP contribution in [-0.4, -0.2) is 14.7 Å². The zero-order valence-electron chi connectivity index (χ0n) is 7.98. The molecule has 0 aliphatic carbocycles. The van der Waals surface area contributed by atoms with Gasteiger partial charge in [-0.05, 0) is 6.92 Å². The Bertz CT molecular complexity index is 532. The van der Waals surface area contributed by atoms with Crippen LogP contribution in [0.3, 0.4) is 0 Å². The Morgan fingerprint density at radius 3 is 2.93 bits per heavy atom. The topological polar surface area (TPSA) is 60.9 Å². The van der Waals surface area contributed by atoms with Gasteiger partial charge in [-0.25, -0.2) is 4.98 Å². The third-order valence-corrected chi connectivity index (χ3v) is 2.06. The third-order valence-electron chi connectivity index (χ3n) is 1.85. The fourth-order valence-electron chi connectivity index (χ4n) is 1.18. The van der Waals surface area contributed by atoms with Crippen LogP contribution in [0.5, 0.6) is 0 Å². The number of aromatic nitrogens is 3. The van der Waals surface area contributed by atoms with Gasteiger partial charge in [-0.2, -0.15) is 0 Å². The first-order valence-electron chi connectivity index (χ1n) is 4.29. The van der Waals surface area contributed by atoms with Crippen LogP contribution in [0, 0.1) is 6.92 Å². The quantitative estimate of drug-likeness (QED) is 0.722. The summed E-state index contributed by atoms with van der Waals surface area (Å²) in [7, 11) is 0. The van der Waals surface area contributed by atoms with Gasteiger partial charge in [0.1, 0.15) is 5.15 Å². The number of aryl methyl sites for hydroxylation is 1. The lowest BCUT2D eigenvalue weighted by atomic mass is 10.4. The molecule has 0 unspecified atom stereocenters. The maximum absolute atomic E-state index is 11.4. The minimum absolute atomic E-state index is 0.185. The van der Waals surface area contributed by atoms with Crippen LogP contribution >= 0.6 is 11.6 Å². The molecule has 2 aromatic heterocycles. The molecule has 0 radical (unpaired) electrons. The van der Waals surface area contributed by atoms with Crippen LogP contribution in [0.25, 0.3) is 0 Å². The Hall–Kier alpha value is -1.62. The van der Waals surface area contributed by atoms with Gasteiger partial charge in [0.05, 0.1) is 18.6 Å². The summed E-state index contributed by atoms with van der Waals surface area (Å²) in [6.45, 7) is 2.12. The molecule has 5 nitrogen and oxygen atoms in total. The van der Waals surface area contributed by atoms with Crippen LogP contribution < -0.4 is 5.56 Å². The van der Waals surface area contributed by atoms with Crippen molar-refractivity contribution in [2.75, 3.05) is 0 Å². The van der Waals surface area contributed by atoms with E-state index in [1.165, 1.54) is 17.0 Å². The van der Waals surface area contributed by atoms with Gasteiger partial charge >= 0.3 is 0 Å². The van der Waals surface area contributed by atoms with Crippen molar-refractivity contribution in [3.63, 3.8) is 0 Å². The van der Waals surface area contributed by atoms with E-state index >= 15 is 0 Å². The minimum Gasteiger partial charge on any atom is -0.359 e. The van der Waals surface area contributed by atoms with E-state index in [9.17, 15) is 4.79 Å². The Morgan fingerprint density at radius 1 is 1.53 bits per heavy atom. The molecule has 0 saturated heterocycles. The molecule has 15 heavy (non-hydrogen) atoms. The molecule has 2 aromatic rings. The summed E-state index contributed by atoms with van der Waals surface area (Å²) < 4.78 is 6.38. The molecule has 0 bridgehead atoms. The molecule has 0 atom stereocenters. The zero-order valence-corrected chi connectivity index (χ0v) is 8.73. The molecule has 0 saturated carbocycles. The number of hydrogen-bond acceptors (Lipinski definition) is 4. The molecule has 78 valence electrons. The number of nitrogens with zero attached hydrogens (tertiary/aromatic N) is 3. The number of halogens is 1. The normalized spacial score (nSPS) is 10.5. The van der Waals surface area contributed by atoms with Crippen molar-refractivity contribution in [2.24, 2.45) is 0 Å². The first-order valence-corrected chi connectivity index (χ1v) is 4.67. The first-order chi connectivity index (χ1) is 7.15. The zero-order chi connectivity index (χ0) is 10.8. The van der Waals surface area contributed by atoms with Gasteiger partial charge in [0.25, 0.3) is 5.56 Å². The van der Waals surface area contributed by atoms with E-state index in [0.29, 0.717) is 12.3 Å². The summed E-state index contributed by atoms with van der Waals surface area (Å²) in [5, 5.41) is 3.91. The monoisotopic (exact) mass is 225 g/mol. The molecular formula is C9H8ClN3O2. The molecule has 0 aliphatic rings. The van der Waals surface area contributed by atoms with Gasteiger partial charge in [0, 0.05) is 12.1 Å². The largest absolute Gasteiger partial charge is 0.359 e. The van der Waals surface area contributed by atoms with Gasteiger partial charge in [-0.15, -0.1) is 0 Å². The predicted octanol–water partition coefficient (Wildman–Crippen LogP) is 1.24. The van der Waals surface area contributed by atoms with Crippen LogP contribution in [0.15, 0.2) is 27.8 Å². The van der Waals surface area contributed by atoms with Crippen LogP contribution in [0.1, 0.15) is 11.5 Å². The molecule has 2 rings (SSSR count). The highest BCUT2D eigenvalue weighted by Gasteiger charge is 2.03. The lowest BCUT2D eigenvalue weighted by Gasteiger charge is -2.00. The van der Waals surface area contributed by atoms with E-state index in [4.69, 9.17) is 16.1 Å². The molecular weight excluding hydrogens is 218 g/mol. The predicted molar refractivity (Wildman–Crippen MR) is 53.8 cm³/mol. The molecule has 0 spiro atoms. The van der Waals surface area contributed by atoms with Crippen molar-refractivity contribution in [3.05, 3.63) is 45.4 Å². The Kier molecular flexibility index (Phi) is 2.55. The summed E-state index contributed by atoms with van der Waals surface area (Å²) in [5.41, 5.74) is 0.559. The molecule has 0 amide bonds. The molecule has 6 heteroatoms. The van der Waals surface area contributed by atoms with Gasteiger partial charge < -0.3 is 4.52 Å². The third kappa shape index (κ3) is 2.24. The highest BCUT2D eigenvalue weighted by molar-refractivity contribution is 6.29. The van der Waals surface area contributed by atoms with E-state index < -0.39 is 0 Å². The summed E-state index contributed by atoms with van der Waals surface area (Å²) >= 11 is 5.56. The Morgan fingerprint density at radius 2 is 2.33 bits per heavy atom. The smallest absolute Gasteiger partial charge is 0.255 e. The summed E-state index contributed by atoms with van der Waals surface area (Å²) in [6, 6.07) is 3.02. The maximum atomic E-state index is 11.4. The van der Waals surface area contributed by atoms with Crippen molar-refractivity contribution in [1.82, 2.24) is 14.7 Å². The maximum Gasteiger partial charge on any atom is 0.255 e. The standard InChI is InChI=1S/C9H8ClN3O2/c1-6-2-7(15-12-6)4-13-5-11-8(10)3-9(13)14/h2-3,5H,4H2,1H3. The molecule has 0 N–H and O–H groups in total. The fourth-order valence-corrected chi connectivity index (χ4v) is 1.32. The second-order valence-corrected chi connectivity index (χ2v) is 3.50. The van der Waals surface area contributed by atoms with Crippen LogP contribution in [0.4, 0.5) is 0 Å². The van der Waals surface area contributed by atoms with Crippen molar-refractivity contribution >= 4 is 11.6 Å². The van der Waals surface area contributed by atoms with E-state index in [0.717, 1.165) is 5.69 Å². The van der Waals surface area contributed by atoms with Gasteiger partial charge in [-0.1, -0.05) is 16.8 Å². The fraction of sp³-hybridized carbons (Fsp3) is 0.222. The SMILES string of the molecule is Cc1cc(Cn2cnc(Cl)cc2=O)on1. The minimum atomic E-state index is -0.218. The second-order valence-electron chi connectivity index (χ2n) is 3.11. The van der Waals surface area contributed by atoms with Gasteiger partial charge in [0.15, 0.2) is 5.76 Å². The lowest BCUT2D eigenvalue weighted by Crippen LogP contribution is -2.19. The number of hydrogen-bond donors (Lipinski definition) is 0. The number of rotatable bonds is 2. The van der Waals surface area contributed by atoms with Crippen molar-refractivity contribution < 1.29 is 4.52 Å². The van der Waals surface area contributed by atoms with Gasteiger partial charge in [0.2, 0.25) is 0 Å². The van der Waals surface area contributed by atoms with E-state index in [2.05, 4.69) is 10.1 Å². The summed E-state index contributed by atoms with van der Waals surface area (Å²) in [6.07, 6.45) is 1.38. The Labute approximate surface area is 90.3 Å². The average Bonchev–Trinajstić information content (AvgIpc) is 2.56. The van der Waals surface area contributed by atoms with Gasteiger partial charge in [-0.3, -0.25) is 9.36 Å². The van der Waals surface area contributed by atoms with Crippen molar-refractivity contribution in [2.45, 2.75) is 13.5 Å². The van der Waals surface area contributed by atoms with E-state index in [1.54, 1.807) is 6.07 Å². The second kappa shape index (κ2) is 3.86. The molecule has 2 heterocycles. The molecule has 0 fully saturated rings.